The molecular formula is C11H18IN3. The van der Waals surface area contributed by atoms with Crippen molar-refractivity contribution in [1.82, 2.24) is 9.78 Å². The highest BCUT2D eigenvalue weighted by molar-refractivity contribution is 14.1. The van der Waals surface area contributed by atoms with Gasteiger partial charge in [0.1, 0.15) is 5.82 Å². The standard InChI is InChI=1S/C11H18IN3/c1-11(2)5-3-8(4-6-11)15-10(13)9(12)7-14-15/h7-8H,3-6,13H2,1-2H3. The van der Waals surface area contributed by atoms with Crippen molar-refractivity contribution in [1.29, 1.82) is 0 Å². The molecule has 3 nitrogen and oxygen atoms in total. The van der Waals surface area contributed by atoms with Gasteiger partial charge in [-0.05, 0) is 53.7 Å². The Labute approximate surface area is 105 Å². The summed E-state index contributed by atoms with van der Waals surface area (Å²) >= 11 is 2.24. The number of aromatic nitrogens is 2. The van der Waals surface area contributed by atoms with Crippen LogP contribution in [0.25, 0.3) is 0 Å². The van der Waals surface area contributed by atoms with Crippen LogP contribution in [0, 0.1) is 8.99 Å². The molecule has 4 heteroatoms. The molecule has 2 N–H and O–H groups in total. The van der Waals surface area contributed by atoms with Crippen LogP contribution >= 0.6 is 22.6 Å². The van der Waals surface area contributed by atoms with Gasteiger partial charge in [-0.2, -0.15) is 5.10 Å². The van der Waals surface area contributed by atoms with Crippen molar-refractivity contribution in [3.05, 3.63) is 9.77 Å². The quantitative estimate of drug-likeness (QED) is 0.808. The molecular weight excluding hydrogens is 301 g/mol. The summed E-state index contributed by atoms with van der Waals surface area (Å²) in [4.78, 5) is 0. The molecule has 0 amide bonds. The van der Waals surface area contributed by atoms with Crippen molar-refractivity contribution in [3.8, 4) is 0 Å². The molecule has 0 bridgehead atoms. The Morgan fingerprint density at radius 1 is 1.47 bits per heavy atom. The zero-order valence-corrected chi connectivity index (χ0v) is 11.5. The van der Waals surface area contributed by atoms with Crippen LogP contribution in [0.15, 0.2) is 6.20 Å². The summed E-state index contributed by atoms with van der Waals surface area (Å²) in [6, 6.07) is 0.515. The van der Waals surface area contributed by atoms with Crippen molar-refractivity contribution >= 4 is 28.4 Å². The maximum Gasteiger partial charge on any atom is 0.135 e. The molecule has 0 saturated heterocycles. The van der Waals surface area contributed by atoms with Crippen molar-refractivity contribution in [3.63, 3.8) is 0 Å². The van der Waals surface area contributed by atoms with Gasteiger partial charge in [-0.1, -0.05) is 13.8 Å². The van der Waals surface area contributed by atoms with Gasteiger partial charge in [0.05, 0.1) is 15.8 Å². The second-order valence-corrected chi connectivity index (χ2v) is 6.38. The lowest BCUT2D eigenvalue weighted by Gasteiger charge is -2.34. The fraction of sp³-hybridized carbons (Fsp3) is 0.727. The van der Waals surface area contributed by atoms with E-state index in [1.807, 2.05) is 10.9 Å². The summed E-state index contributed by atoms with van der Waals surface area (Å²) in [6.07, 6.45) is 6.81. The first kappa shape index (κ1) is 11.2. The molecule has 1 fully saturated rings. The van der Waals surface area contributed by atoms with Crippen LogP contribution in [0.4, 0.5) is 5.82 Å². The summed E-state index contributed by atoms with van der Waals surface area (Å²) in [5, 5.41) is 4.37. The third kappa shape index (κ3) is 2.29. The monoisotopic (exact) mass is 319 g/mol. The molecule has 0 unspecified atom stereocenters. The van der Waals surface area contributed by atoms with Gasteiger partial charge in [0.25, 0.3) is 0 Å². The molecule has 1 heterocycles. The van der Waals surface area contributed by atoms with E-state index in [0.717, 1.165) is 9.39 Å². The van der Waals surface area contributed by atoms with E-state index < -0.39 is 0 Å². The molecule has 15 heavy (non-hydrogen) atoms. The number of anilines is 1. The maximum absolute atomic E-state index is 5.99. The van der Waals surface area contributed by atoms with E-state index in [1.165, 1.54) is 25.7 Å². The molecule has 1 aromatic rings. The average molecular weight is 319 g/mol. The molecule has 1 saturated carbocycles. The molecule has 0 spiro atoms. The van der Waals surface area contributed by atoms with E-state index in [2.05, 4.69) is 41.5 Å². The summed E-state index contributed by atoms with van der Waals surface area (Å²) < 4.78 is 3.08. The first-order chi connectivity index (χ1) is 6.99. The molecule has 1 aliphatic carbocycles. The molecule has 2 rings (SSSR count). The van der Waals surface area contributed by atoms with Gasteiger partial charge >= 0.3 is 0 Å². The van der Waals surface area contributed by atoms with Crippen LogP contribution in [-0.4, -0.2) is 9.78 Å². The first-order valence-electron chi connectivity index (χ1n) is 5.48. The minimum absolute atomic E-state index is 0.506. The largest absolute Gasteiger partial charge is 0.383 e. The van der Waals surface area contributed by atoms with Crippen molar-refractivity contribution in [2.24, 2.45) is 5.41 Å². The van der Waals surface area contributed by atoms with Gasteiger partial charge in [0.15, 0.2) is 0 Å². The van der Waals surface area contributed by atoms with Gasteiger partial charge in [-0.25, -0.2) is 4.68 Å². The second-order valence-electron chi connectivity index (χ2n) is 5.22. The Kier molecular flexibility index (Phi) is 2.96. The number of nitrogens with two attached hydrogens (primary N) is 1. The molecule has 84 valence electrons. The van der Waals surface area contributed by atoms with Gasteiger partial charge in [0, 0.05) is 0 Å². The van der Waals surface area contributed by atoms with E-state index in [9.17, 15) is 0 Å². The zero-order valence-electron chi connectivity index (χ0n) is 9.33. The second kappa shape index (κ2) is 3.96. The average Bonchev–Trinajstić information content (AvgIpc) is 2.49. The predicted molar refractivity (Wildman–Crippen MR) is 70.6 cm³/mol. The lowest BCUT2D eigenvalue weighted by Crippen LogP contribution is -2.24. The van der Waals surface area contributed by atoms with Gasteiger partial charge in [0.2, 0.25) is 0 Å². The highest BCUT2D eigenvalue weighted by atomic mass is 127. The molecule has 0 aliphatic heterocycles. The Balaban J connectivity index is 2.11. The summed E-state index contributed by atoms with van der Waals surface area (Å²) in [6.45, 7) is 4.69. The SMILES string of the molecule is CC1(C)CCC(n2ncc(I)c2N)CC1. The number of hydrogen-bond donors (Lipinski definition) is 1. The minimum Gasteiger partial charge on any atom is -0.383 e. The van der Waals surface area contributed by atoms with E-state index in [4.69, 9.17) is 5.73 Å². The Hall–Kier alpha value is -0.260. The van der Waals surface area contributed by atoms with Crippen LogP contribution in [0.3, 0.4) is 0 Å². The smallest absolute Gasteiger partial charge is 0.135 e. The summed E-state index contributed by atoms with van der Waals surface area (Å²) in [7, 11) is 0. The van der Waals surface area contributed by atoms with Gasteiger partial charge in [-0.15, -0.1) is 0 Å². The Morgan fingerprint density at radius 2 is 2.07 bits per heavy atom. The Bertz CT molecular complexity index is 347. The maximum atomic E-state index is 5.99. The number of nitrogen functional groups attached to an aromatic ring is 1. The molecule has 0 radical (unpaired) electrons. The molecule has 0 aromatic carbocycles. The third-order valence-electron chi connectivity index (χ3n) is 3.44. The van der Waals surface area contributed by atoms with Gasteiger partial charge in [-0.3, -0.25) is 0 Å². The van der Waals surface area contributed by atoms with E-state index in [-0.39, 0.29) is 0 Å². The van der Waals surface area contributed by atoms with Crippen LogP contribution in [0.2, 0.25) is 0 Å². The summed E-state index contributed by atoms with van der Waals surface area (Å²) in [5.41, 5.74) is 6.50. The van der Waals surface area contributed by atoms with Crippen LogP contribution in [0.5, 0.6) is 0 Å². The lowest BCUT2D eigenvalue weighted by molar-refractivity contribution is 0.187. The molecule has 1 aliphatic rings. The fourth-order valence-electron chi connectivity index (χ4n) is 2.27. The van der Waals surface area contributed by atoms with Gasteiger partial charge < -0.3 is 5.73 Å². The van der Waals surface area contributed by atoms with Crippen LogP contribution in [-0.2, 0) is 0 Å². The molecule has 1 aromatic heterocycles. The number of halogens is 1. The topological polar surface area (TPSA) is 43.8 Å². The summed E-state index contributed by atoms with van der Waals surface area (Å²) in [5.74, 6) is 0.834. The van der Waals surface area contributed by atoms with Crippen molar-refractivity contribution in [2.45, 2.75) is 45.6 Å². The van der Waals surface area contributed by atoms with Crippen molar-refractivity contribution < 1.29 is 0 Å². The number of rotatable bonds is 1. The highest BCUT2D eigenvalue weighted by Gasteiger charge is 2.28. The minimum atomic E-state index is 0.506. The van der Waals surface area contributed by atoms with E-state index >= 15 is 0 Å². The van der Waals surface area contributed by atoms with Crippen LogP contribution < -0.4 is 5.73 Å². The number of hydrogen-bond acceptors (Lipinski definition) is 2. The van der Waals surface area contributed by atoms with E-state index in [0.29, 0.717) is 11.5 Å². The molecule has 0 atom stereocenters. The fourth-order valence-corrected chi connectivity index (χ4v) is 2.64. The van der Waals surface area contributed by atoms with Crippen LogP contribution in [0.1, 0.15) is 45.6 Å². The first-order valence-corrected chi connectivity index (χ1v) is 6.56. The number of nitrogens with zero attached hydrogens (tertiary/aromatic N) is 2. The zero-order chi connectivity index (χ0) is 11.1. The normalized spacial score (nSPS) is 21.8. The predicted octanol–water partition coefficient (Wildman–Crippen LogP) is 3.21. The Morgan fingerprint density at radius 3 is 2.53 bits per heavy atom. The lowest BCUT2D eigenvalue weighted by atomic mass is 9.75. The van der Waals surface area contributed by atoms with E-state index in [1.54, 1.807) is 0 Å². The highest BCUT2D eigenvalue weighted by Crippen LogP contribution is 2.40. The third-order valence-corrected chi connectivity index (χ3v) is 4.27. The van der Waals surface area contributed by atoms with Crippen molar-refractivity contribution in [2.75, 3.05) is 5.73 Å².